The lowest BCUT2D eigenvalue weighted by Gasteiger charge is -2.11. The van der Waals surface area contributed by atoms with E-state index >= 15 is 0 Å². The minimum absolute atomic E-state index is 0.759. The fourth-order valence-electron chi connectivity index (χ4n) is 8.20. The molecule has 13 aromatic rings. The molecule has 0 spiro atoms. The summed E-state index contributed by atoms with van der Waals surface area (Å²) >= 11 is 0. The predicted molar refractivity (Wildman–Crippen MR) is 376 cm³/mol. The summed E-state index contributed by atoms with van der Waals surface area (Å²) < 4.78 is 0. The smallest absolute Gasteiger partial charge is 0.128 e. The van der Waals surface area contributed by atoms with E-state index < -0.39 is 0 Å². The number of hydrogen-bond donors (Lipinski definition) is 0. The van der Waals surface area contributed by atoms with E-state index in [0.717, 1.165) is 17.0 Å². The Hall–Kier alpha value is -8.55. The van der Waals surface area contributed by atoms with Gasteiger partial charge in [0, 0.05) is 48.0 Å². The molecular formula is C77H101N7. The molecule has 4 heterocycles. The van der Waals surface area contributed by atoms with Crippen LogP contribution in [0.4, 0.5) is 0 Å². The van der Waals surface area contributed by atoms with E-state index in [4.69, 9.17) is 0 Å². The molecule has 444 valence electrons. The Kier molecular flexibility index (Phi) is 41.3. The lowest BCUT2D eigenvalue weighted by atomic mass is 9.93. The van der Waals surface area contributed by atoms with Crippen LogP contribution in [0.3, 0.4) is 0 Å². The molecule has 4 aromatic heterocycles. The number of pyridine rings is 2. The van der Waals surface area contributed by atoms with Crippen molar-refractivity contribution >= 4 is 75.5 Å². The molecule has 0 saturated carbocycles. The Labute approximate surface area is 507 Å². The van der Waals surface area contributed by atoms with Crippen LogP contribution in [0.25, 0.3) is 75.5 Å². The number of aromatic nitrogens is 7. The van der Waals surface area contributed by atoms with Crippen molar-refractivity contribution in [1.29, 1.82) is 0 Å². The molecule has 0 N–H and O–H groups in total. The monoisotopic (exact) mass is 1120 g/mol. The van der Waals surface area contributed by atoms with Gasteiger partial charge in [-0.15, -0.1) is 0 Å². The van der Waals surface area contributed by atoms with Crippen LogP contribution >= 0.6 is 0 Å². The van der Waals surface area contributed by atoms with Crippen molar-refractivity contribution in [2.45, 2.75) is 152 Å². The van der Waals surface area contributed by atoms with E-state index in [1.165, 1.54) is 105 Å². The van der Waals surface area contributed by atoms with Crippen molar-refractivity contribution in [3.63, 3.8) is 0 Å². The van der Waals surface area contributed by atoms with Crippen molar-refractivity contribution < 1.29 is 0 Å². The van der Waals surface area contributed by atoms with Gasteiger partial charge in [0.15, 0.2) is 0 Å². The Morgan fingerprint density at radius 3 is 1.26 bits per heavy atom. The SMILES string of the molecule is CC.CC.CC.CC.CC.CC.CC.CC.Cc1cc2ccc3cccc4ccc(c1)c2c34.Cc1cc2ccccc2c2ccccc12.Cc1ccc2cccnc2c1.Cc1ccc2ccncc2c1.Cc1cnccn1.Cc1ncncn1. The van der Waals surface area contributed by atoms with Gasteiger partial charge in [0.2, 0.25) is 0 Å². The molecule has 0 fully saturated rings. The summed E-state index contributed by atoms with van der Waals surface area (Å²) in [6.45, 7) is 44.2. The molecule has 9 aromatic carbocycles. The summed E-state index contributed by atoms with van der Waals surface area (Å²) in [5.74, 6) is 0.759. The molecule has 0 radical (unpaired) electrons. The van der Waals surface area contributed by atoms with Crippen molar-refractivity contribution in [2.75, 3.05) is 0 Å². The first-order valence-electron chi connectivity index (χ1n) is 30.6. The third-order valence-electron chi connectivity index (χ3n) is 11.5. The van der Waals surface area contributed by atoms with E-state index in [-0.39, 0.29) is 0 Å². The first-order chi connectivity index (χ1) is 41.2. The molecule has 84 heavy (non-hydrogen) atoms. The van der Waals surface area contributed by atoms with E-state index in [2.05, 4.69) is 214 Å². The summed E-state index contributed by atoms with van der Waals surface area (Å²) in [7, 11) is 0. The van der Waals surface area contributed by atoms with E-state index in [9.17, 15) is 0 Å². The summed E-state index contributed by atoms with van der Waals surface area (Å²) in [5.41, 5.74) is 7.26. The van der Waals surface area contributed by atoms with Crippen LogP contribution in [0.15, 0.2) is 214 Å². The number of nitrogens with zero attached hydrogens (tertiary/aromatic N) is 7. The lowest BCUT2D eigenvalue weighted by Crippen LogP contribution is -1.84. The Morgan fingerprint density at radius 2 is 0.726 bits per heavy atom. The van der Waals surface area contributed by atoms with Gasteiger partial charge in [-0.25, -0.2) is 15.0 Å². The van der Waals surface area contributed by atoms with Crippen molar-refractivity contribution in [3.05, 3.63) is 247 Å². The highest BCUT2D eigenvalue weighted by atomic mass is 15.0. The zero-order valence-corrected chi connectivity index (χ0v) is 55.3. The minimum atomic E-state index is 0.759. The summed E-state index contributed by atoms with van der Waals surface area (Å²) in [4.78, 5) is 27.2. The molecular weight excluding hydrogens is 1020 g/mol. The quantitative estimate of drug-likeness (QED) is 0.140. The minimum Gasteiger partial charge on any atom is -0.264 e. The second kappa shape index (κ2) is 46.0. The molecule has 7 heteroatoms. The van der Waals surface area contributed by atoms with Gasteiger partial charge in [0.05, 0.1) is 11.2 Å². The predicted octanol–water partition coefficient (Wildman–Crippen LogP) is 23.5. The van der Waals surface area contributed by atoms with Crippen LogP contribution in [0, 0.1) is 41.5 Å². The highest BCUT2D eigenvalue weighted by Gasteiger charge is 2.08. The van der Waals surface area contributed by atoms with Crippen LogP contribution in [0.2, 0.25) is 0 Å². The highest BCUT2D eigenvalue weighted by molar-refractivity contribution is 6.23. The van der Waals surface area contributed by atoms with Crippen molar-refractivity contribution in [2.24, 2.45) is 0 Å². The van der Waals surface area contributed by atoms with Crippen molar-refractivity contribution in [1.82, 2.24) is 34.9 Å². The first-order valence-corrected chi connectivity index (χ1v) is 30.6. The molecule has 0 bridgehead atoms. The maximum Gasteiger partial charge on any atom is 0.128 e. The second-order valence-electron chi connectivity index (χ2n) is 16.7. The lowest BCUT2D eigenvalue weighted by molar-refractivity contribution is 0.974. The maximum atomic E-state index is 4.24. The van der Waals surface area contributed by atoms with E-state index in [0.29, 0.717) is 0 Å². The van der Waals surface area contributed by atoms with Gasteiger partial charge in [-0.2, -0.15) is 0 Å². The van der Waals surface area contributed by atoms with E-state index in [1.807, 2.05) is 155 Å². The number of aryl methyl sites for hydroxylation is 6. The van der Waals surface area contributed by atoms with Gasteiger partial charge >= 0.3 is 0 Å². The Bertz CT molecular complexity index is 3530. The highest BCUT2D eigenvalue weighted by Crippen LogP contribution is 2.35. The second-order valence-corrected chi connectivity index (χ2v) is 16.7. The number of benzene rings is 9. The average Bonchev–Trinajstić information content (AvgIpc) is 3.28. The molecule has 0 atom stereocenters. The molecule has 13 rings (SSSR count). The van der Waals surface area contributed by atoms with Gasteiger partial charge in [0.1, 0.15) is 18.5 Å². The normalized spacial score (nSPS) is 9.07. The molecule has 7 nitrogen and oxygen atoms in total. The molecule has 0 saturated heterocycles. The molecule has 0 amide bonds. The van der Waals surface area contributed by atoms with Crippen LogP contribution < -0.4 is 0 Å². The standard InChI is InChI=1S/C17H12.C15H12.2C10H9N.C5H6N2.C4H5N3.8C2H6/c1-11-9-14-7-5-12-3-2-4-13-6-8-15(10-11)17(14)16(12)13;1-11-10-12-6-2-3-8-14(12)15-9-5-4-7-13(11)15;1-8-2-3-9-4-5-11-7-10(9)6-8;1-8-4-5-9-3-2-6-11-10(9)7-8;1-5-4-6-2-3-7-5;1-4-6-2-5-3-7-4;8*1-2/h2-10H,1H3;2-10H,1H3;2*2-7H,1H3;2-4H,1H3;2-3H,1H3;8*1-2H3. The van der Waals surface area contributed by atoms with Gasteiger partial charge in [-0.3, -0.25) is 19.9 Å². The summed E-state index contributed by atoms with van der Waals surface area (Å²) in [5, 5.41) is 17.3. The first kappa shape index (κ1) is 75.5. The third-order valence-corrected chi connectivity index (χ3v) is 11.5. The zero-order chi connectivity index (χ0) is 63.2. The molecule has 0 unspecified atom stereocenters. The largest absolute Gasteiger partial charge is 0.264 e. The summed E-state index contributed by atoms with van der Waals surface area (Å²) in [6.07, 6.45) is 13.5. The molecule has 0 aliphatic heterocycles. The zero-order valence-electron chi connectivity index (χ0n) is 55.3. The van der Waals surface area contributed by atoms with Gasteiger partial charge in [-0.05, 0) is 142 Å². The number of fused-ring (bicyclic) bond motifs is 5. The maximum absolute atomic E-state index is 4.24. The van der Waals surface area contributed by atoms with Gasteiger partial charge < -0.3 is 0 Å². The van der Waals surface area contributed by atoms with Crippen molar-refractivity contribution in [3.8, 4) is 0 Å². The number of rotatable bonds is 0. The van der Waals surface area contributed by atoms with Crippen LogP contribution in [0.5, 0.6) is 0 Å². The summed E-state index contributed by atoms with van der Waals surface area (Å²) in [6, 6.07) is 58.1. The van der Waals surface area contributed by atoms with Crippen LogP contribution in [-0.2, 0) is 0 Å². The average molecular weight is 1120 g/mol. The Balaban J connectivity index is 0.000000957. The van der Waals surface area contributed by atoms with Gasteiger partial charge in [0.25, 0.3) is 0 Å². The third kappa shape index (κ3) is 24.5. The Morgan fingerprint density at radius 1 is 0.262 bits per heavy atom. The molecule has 0 aliphatic carbocycles. The van der Waals surface area contributed by atoms with E-state index in [1.54, 1.807) is 18.6 Å². The number of hydrogen-bond acceptors (Lipinski definition) is 7. The van der Waals surface area contributed by atoms with Crippen LogP contribution in [0.1, 0.15) is 145 Å². The van der Waals surface area contributed by atoms with Gasteiger partial charge in [-0.1, -0.05) is 256 Å². The topological polar surface area (TPSA) is 90.2 Å². The van der Waals surface area contributed by atoms with Crippen LogP contribution in [-0.4, -0.2) is 34.9 Å². The molecule has 0 aliphatic rings. The fraction of sp³-hybridized carbons (Fsp3) is 0.286. The fourth-order valence-corrected chi connectivity index (χ4v) is 8.20.